The van der Waals surface area contributed by atoms with Gasteiger partial charge < -0.3 is 15.8 Å². The maximum absolute atomic E-state index is 11.5. The van der Waals surface area contributed by atoms with Crippen LogP contribution in [0.5, 0.6) is 0 Å². The third kappa shape index (κ3) is 4.09. The quantitative estimate of drug-likeness (QED) is 0.674. The maximum Gasteiger partial charge on any atom is 0.327 e. The van der Waals surface area contributed by atoms with E-state index >= 15 is 0 Å². The minimum absolute atomic E-state index is 0.0480. The van der Waals surface area contributed by atoms with E-state index in [-0.39, 0.29) is 12.6 Å². The van der Waals surface area contributed by atoms with Crippen LogP contribution in [0, 0.1) is 0 Å². The molecule has 0 amide bonds. The number of ether oxygens (including phenoxy) is 1. The number of hydrogen-bond acceptors (Lipinski definition) is 7. The molecule has 1 aromatic heterocycles. The van der Waals surface area contributed by atoms with Crippen molar-refractivity contribution >= 4 is 21.9 Å². The molecule has 0 bridgehead atoms. The number of hydrogen-bond donors (Lipinski definition) is 2. The lowest BCUT2D eigenvalue weighted by molar-refractivity contribution is -0.141. The highest BCUT2D eigenvalue weighted by Crippen LogP contribution is 2.22. The number of carbonyl (C=O) groups excluding carboxylic acids is 1. The Morgan fingerprint density at radius 3 is 3.05 bits per heavy atom. The summed E-state index contributed by atoms with van der Waals surface area (Å²) < 4.78 is 7.02. The fourth-order valence-corrected chi connectivity index (χ4v) is 2.41. The maximum atomic E-state index is 11.5. The molecule has 1 unspecified atom stereocenters. The molecule has 2 rings (SSSR count). The molecule has 0 radical (unpaired) electrons. The SMILES string of the molecule is COC(=O)Cn1nnnc1C(NCCN)c1cccc(Br)c1. The second-order valence-corrected chi connectivity index (χ2v) is 5.42. The van der Waals surface area contributed by atoms with E-state index in [1.165, 1.54) is 11.8 Å². The predicted octanol–water partition coefficient (Wildman–Crippen LogP) is 0.246. The molecule has 0 aliphatic heterocycles. The van der Waals surface area contributed by atoms with Gasteiger partial charge in [0.05, 0.1) is 13.2 Å². The van der Waals surface area contributed by atoms with E-state index in [2.05, 4.69) is 41.5 Å². The summed E-state index contributed by atoms with van der Waals surface area (Å²) in [6.07, 6.45) is 0. The van der Waals surface area contributed by atoms with Crippen LogP contribution in [0.1, 0.15) is 17.4 Å². The first-order valence-electron chi connectivity index (χ1n) is 6.67. The number of aromatic nitrogens is 4. The molecular weight excluding hydrogens is 352 g/mol. The first-order chi connectivity index (χ1) is 10.7. The van der Waals surface area contributed by atoms with Crippen LogP contribution >= 0.6 is 15.9 Å². The standard InChI is InChI=1S/C13H17BrN6O2/c1-22-11(21)8-20-13(17-18-19-20)12(16-6-5-15)9-3-2-4-10(14)7-9/h2-4,7,12,16H,5-6,8,15H2,1H3. The number of halogens is 1. The van der Waals surface area contributed by atoms with E-state index in [1.807, 2.05) is 24.3 Å². The lowest BCUT2D eigenvalue weighted by Crippen LogP contribution is -2.31. The monoisotopic (exact) mass is 368 g/mol. The number of methoxy groups -OCH3 is 1. The second-order valence-electron chi connectivity index (χ2n) is 4.50. The highest BCUT2D eigenvalue weighted by Gasteiger charge is 2.22. The van der Waals surface area contributed by atoms with Crippen molar-refractivity contribution in [2.45, 2.75) is 12.6 Å². The largest absolute Gasteiger partial charge is 0.468 e. The number of esters is 1. The number of carbonyl (C=O) groups is 1. The molecule has 0 aliphatic carbocycles. The Bertz CT molecular complexity index is 632. The van der Waals surface area contributed by atoms with Crippen molar-refractivity contribution in [1.29, 1.82) is 0 Å². The highest BCUT2D eigenvalue weighted by molar-refractivity contribution is 9.10. The average molecular weight is 369 g/mol. The zero-order valence-electron chi connectivity index (χ0n) is 12.1. The molecule has 0 saturated carbocycles. The van der Waals surface area contributed by atoms with Crippen molar-refractivity contribution in [2.75, 3.05) is 20.2 Å². The molecule has 1 atom stereocenters. The number of nitrogens with one attached hydrogen (secondary N) is 1. The zero-order valence-corrected chi connectivity index (χ0v) is 13.7. The van der Waals surface area contributed by atoms with Gasteiger partial charge >= 0.3 is 5.97 Å². The van der Waals surface area contributed by atoms with Crippen molar-refractivity contribution in [3.05, 3.63) is 40.1 Å². The van der Waals surface area contributed by atoms with Gasteiger partial charge in [-0.25, -0.2) is 4.68 Å². The first kappa shape index (κ1) is 16.5. The fraction of sp³-hybridized carbons (Fsp3) is 0.385. The van der Waals surface area contributed by atoms with E-state index < -0.39 is 5.97 Å². The molecule has 1 heterocycles. The van der Waals surface area contributed by atoms with Crippen LogP contribution in [0.4, 0.5) is 0 Å². The summed E-state index contributed by atoms with van der Waals surface area (Å²) in [7, 11) is 1.32. The molecule has 8 nitrogen and oxygen atoms in total. The minimum atomic E-state index is -0.416. The fourth-order valence-electron chi connectivity index (χ4n) is 1.99. The molecule has 1 aromatic carbocycles. The number of nitrogens with zero attached hydrogens (tertiary/aromatic N) is 4. The Balaban J connectivity index is 2.33. The van der Waals surface area contributed by atoms with Crippen LogP contribution in [-0.2, 0) is 16.1 Å². The number of tetrazole rings is 1. The predicted molar refractivity (Wildman–Crippen MR) is 82.9 cm³/mol. The third-order valence-corrected chi connectivity index (χ3v) is 3.49. The lowest BCUT2D eigenvalue weighted by atomic mass is 10.1. The van der Waals surface area contributed by atoms with Crippen LogP contribution in [0.3, 0.4) is 0 Å². The van der Waals surface area contributed by atoms with Crippen LogP contribution in [0.2, 0.25) is 0 Å². The third-order valence-electron chi connectivity index (χ3n) is 3.00. The molecule has 118 valence electrons. The summed E-state index contributed by atoms with van der Waals surface area (Å²) in [6, 6.07) is 7.49. The van der Waals surface area contributed by atoms with Gasteiger partial charge in [0, 0.05) is 17.6 Å². The number of nitrogens with two attached hydrogens (primary N) is 1. The molecule has 3 N–H and O–H groups in total. The van der Waals surface area contributed by atoms with Gasteiger partial charge in [-0.15, -0.1) is 5.10 Å². The van der Waals surface area contributed by atoms with Crippen molar-refractivity contribution < 1.29 is 9.53 Å². The van der Waals surface area contributed by atoms with Gasteiger partial charge in [-0.3, -0.25) is 4.79 Å². The molecular formula is C13H17BrN6O2. The Morgan fingerprint density at radius 1 is 1.55 bits per heavy atom. The van der Waals surface area contributed by atoms with E-state index in [0.29, 0.717) is 18.9 Å². The smallest absolute Gasteiger partial charge is 0.327 e. The zero-order chi connectivity index (χ0) is 15.9. The molecule has 22 heavy (non-hydrogen) atoms. The van der Waals surface area contributed by atoms with Gasteiger partial charge in [0.25, 0.3) is 0 Å². The highest BCUT2D eigenvalue weighted by atomic mass is 79.9. The summed E-state index contributed by atoms with van der Waals surface area (Å²) in [4.78, 5) is 11.5. The average Bonchev–Trinajstić information content (AvgIpc) is 2.96. The van der Waals surface area contributed by atoms with Crippen molar-refractivity contribution in [1.82, 2.24) is 25.5 Å². The van der Waals surface area contributed by atoms with Crippen LogP contribution in [0.25, 0.3) is 0 Å². The topological polar surface area (TPSA) is 108 Å². The second kappa shape index (κ2) is 7.97. The Hall–Kier alpha value is -1.84. The van der Waals surface area contributed by atoms with Gasteiger partial charge in [-0.2, -0.15) is 0 Å². The minimum Gasteiger partial charge on any atom is -0.468 e. The van der Waals surface area contributed by atoms with Gasteiger partial charge in [0.2, 0.25) is 0 Å². The molecule has 0 spiro atoms. The Kier molecular flexibility index (Phi) is 5.99. The molecule has 0 fully saturated rings. The van der Waals surface area contributed by atoms with Gasteiger partial charge in [0.1, 0.15) is 6.54 Å². The van der Waals surface area contributed by atoms with E-state index in [4.69, 9.17) is 5.73 Å². The Morgan fingerprint density at radius 2 is 2.36 bits per heavy atom. The molecule has 0 aliphatic rings. The van der Waals surface area contributed by atoms with Gasteiger partial charge in [0.15, 0.2) is 5.82 Å². The summed E-state index contributed by atoms with van der Waals surface area (Å²) in [6.45, 7) is 1.01. The van der Waals surface area contributed by atoms with Crippen molar-refractivity contribution in [3.63, 3.8) is 0 Å². The van der Waals surface area contributed by atoms with E-state index in [0.717, 1.165) is 10.0 Å². The molecule has 0 saturated heterocycles. The van der Waals surface area contributed by atoms with Gasteiger partial charge in [-0.05, 0) is 28.1 Å². The van der Waals surface area contributed by atoms with Crippen LogP contribution in [0.15, 0.2) is 28.7 Å². The Labute approximate surface area is 136 Å². The summed E-state index contributed by atoms with van der Waals surface area (Å²) in [5.41, 5.74) is 6.54. The molecule has 2 aromatic rings. The summed E-state index contributed by atoms with van der Waals surface area (Å²) in [5, 5.41) is 14.8. The normalized spacial score (nSPS) is 12.1. The number of benzene rings is 1. The van der Waals surface area contributed by atoms with E-state index in [1.54, 1.807) is 0 Å². The summed E-state index contributed by atoms with van der Waals surface area (Å²) in [5.74, 6) is 0.109. The van der Waals surface area contributed by atoms with Crippen LogP contribution < -0.4 is 11.1 Å². The van der Waals surface area contributed by atoms with Gasteiger partial charge in [-0.1, -0.05) is 28.1 Å². The molecule has 9 heteroatoms. The van der Waals surface area contributed by atoms with Crippen molar-refractivity contribution in [3.8, 4) is 0 Å². The van der Waals surface area contributed by atoms with Crippen LogP contribution in [-0.4, -0.2) is 46.4 Å². The van der Waals surface area contributed by atoms with Crippen molar-refractivity contribution in [2.24, 2.45) is 5.73 Å². The summed E-state index contributed by atoms with van der Waals surface area (Å²) >= 11 is 3.45. The lowest BCUT2D eigenvalue weighted by Gasteiger charge is -2.18. The van der Waals surface area contributed by atoms with E-state index in [9.17, 15) is 4.79 Å². The first-order valence-corrected chi connectivity index (χ1v) is 7.46. The number of rotatable bonds is 7.